The van der Waals surface area contributed by atoms with Gasteiger partial charge in [0.2, 0.25) is 0 Å². The fourth-order valence-corrected chi connectivity index (χ4v) is 2.30. The minimum atomic E-state index is 0.132. The van der Waals surface area contributed by atoms with Gasteiger partial charge in [-0.1, -0.05) is 29.8 Å². The zero-order valence-corrected chi connectivity index (χ0v) is 11.4. The molecule has 2 rings (SSSR count). The molecule has 0 fully saturated rings. The van der Waals surface area contributed by atoms with E-state index in [2.05, 4.69) is 63.9 Å². The highest BCUT2D eigenvalue weighted by Gasteiger charge is 2.31. The molecular formula is C13H17BrN2. The third-order valence-corrected chi connectivity index (χ3v) is 3.94. The van der Waals surface area contributed by atoms with E-state index in [9.17, 15) is 0 Å². The lowest BCUT2D eigenvalue weighted by Gasteiger charge is -2.25. The van der Waals surface area contributed by atoms with Crippen molar-refractivity contribution < 1.29 is 0 Å². The summed E-state index contributed by atoms with van der Waals surface area (Å²) in [5, 5.41) is 0. The molecule has 0 saturated carbocycles. The summed E-state index contributed by atoms with van der Waals surface area (Å²) < 4.78 is 1.12. The molecule has 0 spiro atoms. The molecule has 1 heterocycles. The summed E-state index contributed by atoms with van der Waals surface area (Å²) in [4.78, 5) is 6.91. The molecule has 1 aromatic carbocycles. The molecule has 0 saturated heterocycles. The van der Waals surface area contributed by atoms with E-state index in [1.807, 2.05) is 6.34 Å². The standard InChI is InChI=1S/C13H17BrN2/c1-3-13(4-2)9-16(10-15-13)12-7-5-11(14)6-8-12/h5-8,10H,3-4,9H2,1-2H3. The predicted molar refractivity (Wildman–Crippen MR) is 73.3 cm³/mol. The molecule has 0 aromatic heterocycles. The molecule has 0 radical (unpaired) electrons. The fraction of sp³-hybridized carbons (Fsp3) is 0.462. The topological polar surface area (TPSA) is 15.6 Å². The monoisotopic (exact) mass is 280 g/mol. The Hall–Kier alpha value is -0.830. The molecule has 0 atom stereocenters. The van der Waals surface area contributed by atoms with E-state index in [0.29, 0.717) is 0 Å². The van der Waals surface area contributed by atoms with Gasteiger partial charge in [-0.15, -0.1) is 0 Å². The largest absolute Gasteiger partial charge is 0.330 e. The maximum absolute atomic E-state index is 4.67. The molecule has 1 aliphatic rings. The van der Waals surface area contributed by atoms with Gasteiger partial charge in [0.15, 0.2) is 0 Å². The van der Waals surface area contributed by atoms with Gasteiger partial charge < -0.3 is 4.90 Å². The summed E-state index contributed by atoms with van der Waals surface area (Å²) in [5.41, 5.74) is 1.35. The van der Waals surface area contributed by atoms with E-state index in [1.54, 1.807) is 0 Å². The second-order valence-corrected chi connectivity index (χ2v) is 5.20. The number of hydrogen-bond acceptors (Lipinski definition) is 2. The molecule has 0 unspecified atom stereocenters. The van der Waals surface area contributed by atoms with Crippen LogP contribution in [0.4, 0.5) is 5.69 Å². The first-order chi connectivity index (χ1) is 7.69. The molecule has 0 bridgehead atoms. The van der Waals surface area contributed by atoms with Crippen molar-refractivity contribution in [1.29, 1.82) is 0 Å². The van der Waals surface area contributed by atoms with E-state index in [4.69, 9.17) is 0 Å². The Kier molecular flexibility index (Phi) is 3.33. The molecule has 0 amide bonds. The molecule has 1 aromatic rings. The lowest BCUT2D eigenvalue weighted by Crippen LogP contribution is -2.33. The first kappa shape index (κ1) is 11.6. The van der Waals surface area contributed by atoms with Crippen LogP contribution in [0.15, 0.2) is 33.7 Å². The van der Waals surface area contributed by atoms with Crippen molar-refractivity contribution in [2.45, 2.75) is 32.2 Å². The molecule has 1 aliphatic heterocycles. The number of halogens is 1. The minimum Gasteiger partial charge on any atom is -0.330 e. The molecule has 3 heteroatoms. The second-order valence-electron chi connectivity index (χ2n) is 4.28. The highest BCUT2D eigenvalue weighted by Crippen LogP contribution is 2.29. The van der Waals surface area contributed by atoms with E-state index in [1.165, 1.54) is 5.69 Å². The van der Waals surface area contributed by atoms with Crippen LogP contribution in [-0.2, 0) is 0 Å². The zero-order chi connectivity index (χ0) is 11.6. The summed E-state index contributed by atoms with van der Waals surface area (Å²) in [6.45, 7) is 5.43. The van der Waals surface area contributed by atoms with Crippen LogP contribution in [0.2, 0.25) is 0 Å². The molecule has 0 aliphatic carbocycles. The van der Waals surface area contributed by atoms with E-state index < -0.39 is 0 Å². The number of nitrogens with zero attached hydrogens (tertiary/aromatic N) is 2. The number of anilines is 1. The zero-order valence-electron chi connectivity index (χ0n) is 9.78. The lowest BCUT2D eigenvalue weighted by atomic mass is 9.94. The van der Waals surface area contributed by atoms with Crippen LogP contribution >= 0.6 is 15.9 Å². The third kappa shape index (κ3) is 2.14. The van der Waals surface area contributed by atoms with E-state index in [-0.39, 0.29) is 5.54 Å². The van der Waals surface area contributed by atoms with Gasteiger partial charge >= 0.3 is 0 Å². The Morgan fingerprint density at radius 3 is 2.38 bits per heavy atom. The van der Waals surface area contributed by atoms with E-state index in [0.717, 1.165) is 23.9 Å². The Morgan fingerprint density at radius 1 is 1.25 bits per heavy atom. The van der Waals surface area contributed by atoms with Crippen molar-refractivity contribution in [3.05, 3.63) is 28.7 Å². The lowest BCUT2D eigenvalue weighted by molar-refractivity contribution is 0.430. The SMILES string of the molecule is CCC1(CC)CN(c2ccc(Br)cc2)C=N1. The second kappa shape index (κ2) is 4.58. The van der Waals surface area contributed by atoms with Crippen LogP contribution in [-0.4, -0.2) is 18.4 Å². The van der Waals surface area contributed by atoms with Crippen molar-refractivity contribution in [2.75, 3.05) is 11.4 Å². The maximum atomic E-state index is 4.67. The summed E-state index contributed by atoms with van der Waals surface area (Å²) in [6, 6.07) is 8.39. The molecular weight excluding hydrogens is 264 g/mol. The van der Waals surface area contributed by atoms with Gasteiger partial charge in [-0.25, -0.2) is 0 Å². The van der Waals surface area contributed by atoms with Crippen LogP contribution < -0.4 is 4.90 Å². The van der Waals surface area contributed by atoms with Gasteiger partial charge in [0, 0.05) is 16.7 Å². The van der Waals surface area contributed by atoms with Gasteiger partial charge in [0.05, 0.1) is 11.9 Å². The minimum absolute atomic E-state index is 0.132. The number of hydrogen-bond donors (Lipinski definition) is 0. The summed E-state index contributed by atoms with van der Waals surface area (Å²) in [6.07, 6.45) is 4.19. The van der Waals surface area contributed by atoms with Crippen LogP contribution in [0.5, 0.6) is 0 Å². The molecule has 86 valence electrons. The first-order valence-electron chi connectivity index (χ1n) is 5.77. The van der Waals surface area contributed by atoms with Gasteiger partial charge in [-0.05, 0) is 37.1 Å². The van der Waals surface area contributed by atoms with Gasteiger partial charge in [-0.3, -0.25) is 4.99 Å². The van der Waals surface area contributed by atoms with Crippen LogP contribution in [0.3, 0.4) is 0 Å². The Balaban J connectivity index is 2.15. The normalized spacial score (nSPS) is 18.1. The fourth-order valence-electron chi connectivity index (χ4n) is 2.04. The average Bonchev–Trinajstić information content (AvgIpc) is 2.75. The number of rotatable bonds is 3. The van der Waals surface area contributed by atoms with Crippen molar-refractivity contribution in [1.82, 2.24) is 0 Å². The van der Waals surface area contributed by atoms with Gasteiger partial charge in [-0.2, -0.15) is 0 Å². The number of aliphatic imine (C=N–C) groups is 1. The van der Waals surface area contributed by atoms with Gasteiger partial charge in [0.1, 0.15) is 0 Å². The highest BCUT2D eigenvalue weighted by molar-refractivity contribution is 9.10. The maximum Gasteiger partial charge on any atom is 0.0902 e. The van der Waals surface area contributed by atoms with Crippen molar-refractivity contribution in [3.8, 4) is 0 Å². The molecule has 16 heavy (non-hydrogen) atoms. The predicted octanol–water partition coefficient (Wildman–Crippen LogP) is 3.86. The third-order valence-electron chi connectivity index (χ3n) is 3.41. The Morgan fingerprint density at radius 2 is 1.88 bits per heavy atom. The van der Waals surface area contributed by atoms with Gasteiger partial charge in [0.25, 0.3) is 0 Å². The summed E-state index contributed by atoms with van der Waals surface area (Å²) >= 11 is 3.45. The van der Waals surface area contributed by atoms with Crippen molar-refractivity contribution in [2.24, 2.45) is 4.99 Å². The molecule has 0 N–H and O–H groups in total. The quantitative estimate of drug-likeness (QED) is 0.821. The molecule has 2 nitrogen and oxygen atoms in total. The average molecular weight is 281 g/mol. The van der Waals surface area contributed by atoms with Crippen LogP contribution in [0.25, 0.3) is 0 Å². The highest BCUT2D eigenvalue weighted by atomic mass is 79.9. The summed E-state index contributed by atoms with van der Waals surface area (Å²) in [7, 11) is 0. The Bertz CT molecular complexity index is 379. The van der Waals surface area contributed by atoms with Crippen molar-refractivity contribution in [3.63, 3.8) is 0 Å². The van der Waals surface area contributed by atoms with Crippen molar-refractivity contribution >= 4 is 28.0 Å². The Labute approximate surface area is 106 Å². The van der Waals surface area contributed by atoms with Crippen LogP contribution in [0.1, 0.15) is 26.7 Å². The summed E-state index contributed by atoms with van der Waals surface area (Å²) in [5.74, 6) is 0. The van der Waals surface area contributed by atoms with Crippen LogP contribution in [0, 0.1) is 0 Å². The first-order valence-corrected chi connectivity index (χ1v) is 6.56. The number of benzene rings is 1. The smallest absolute Gasteiger partial charge is 0.0902 e. The van der Waals surface area contributed by atoms with E-state index >= 15 is 0 Å².